The van der Waals surface area contributed by atoms with Crippen molar-refractivity contribution in [3.8, 4) is 11.5 Å². The van der Waals surface area contributed by atoms with Gasteiger partial charge in [-0.05, 0) is 43.2 Å². The van der Waals surface area contributed by atoms with Crippen LogP contribution in [0, 0.1) is 19.7 Å². The summed E-state index contributed by atoms with van der Waals surface area (Å²) in [6.07, 6.45) is 0. The predicted octanol–water partition coefficient (Wildman–Crippen LogP) is 3.66. The van der Waals surface area contributed by atoms with E-state index in [4.69, 9.17) is 4.42 Å². The SMILES string of the molecule is Cc1ccccc1-c1nc(C[S@](=O)CC(=O)NCc2ccc(F)cc2)c(C)o1. The van der Waals surface area contributed by atoms with Gasteiger partial charge >= 0.3 is 0 Å². The minimum Gasteiger partial charge on any atom is -0.441 e. The summed E-state index contributed by atoms with van der Waals surface area (Å²) in [5.41, 5.74) is 3.29. The summed E-state index contributed by atoms with van der Waals surface area (Å²) in [5.74, 6) is 0.437. The Balaban J connectivity index is 1.56. The molecule has 7 heteroatoms. The number of benzene rings is 2. The van der Waals surface area contributed by atoms with Crippen molar-refractivity contribution in [3.63, 3.8) is 0 Å². The van der Waals surface area contributed by atoms with Crippen LogP contribution in [0.4, 0.5) is 4.39 Å². The molecule has 1 amide bonds. The van der Waals surface area contributed by atoms with Gasteiger partial charge in [-0.15, -0.1) is 0 Å². The van der Waals surface area contributed by atoms with Crippen molar-refractivity contribution in [2.24, 2.45) is 0 Å². The highest BCUT2D eigenvalue weighted by Crippen LogP contribution is 2.25. The number of aromatic nitrogens is 1. The number of hydrogen-bond donors (Lipinski definition) is 1. The van der Waals surface area contributed by atoms with Crippen LogP contribution >= 0.6 is 0 Å². The number of amides is 1. The number of nitrogens with zero attached hydrogens (tertiary/aromatic N) is 1. The molecule has 0 aliphatic carbocycles. The fraction of sp³-hybridized carbons (Fsp3) is 0.238. The number of carbonyl (C=O) groups excluding carboxylic acids is 1. The molecule has 0 bridgehead atoms. The summed E-state index contributed by atoms with van der Waals surface area (Å²) in [7, 11) is -1.42. The van der Waals surface area contributed by atoms with Crippen molar-refractivity contribution in [1.29, 1.82) is 0 Å². The summed E-state index contributed by atoms with van der Waals surface area (Å²) in [4.78, 5) is 16.5. The highest BCUT2D eigenvalue weighted by Gasteiger charge is 2.16. The monoisotopic (exact) mass is 400 g/mol. The molecule has 3 aromatic rings. The number of oxazole rings is 1. The minimum absolute atomic E-state index is 0.132. The van der Waals surface area contributed by atoms with Crippen LogP contribution in [-0.2, 0) is 27.9 Å². The van der Waals surface area contributed by atoms with Crippen LogP contribution in [0.1, 0.15) is 22.6 Å². The zero-order valence-electron chi connectivity index (χ0n) is 15.7. The molecule has 28 heavy (non-hydrogen) atoms. The van der Waals surface area contributed by atoms with Crippen molar-refractivity contribution >= 4 is 16.7 Å². The summed E-state index contributed by atoms with van der Waals surface area (Å²) in [5, 5.41) is 2.69. The van der Waals surface area contributed by atoms with Gasteiger partial charge in [-0.3, -0.25) is 9.00 Å². The maximum atomic E-state index is 12.9. The van der Waals surface area contributed by atoms with Crippen LogP contribution in [0.2, 0.25) is 0 Å². The van der Waals surface area contributed by atoms with Gasteiger partial charge in [0.25, 0.3) is 0 Å². The van der Waals surface area contributed by atoms with Crippen molar-refractivity contribution in [3.05, 3.63) is 76.9 Å². The molecule has 0 fully saturated rings. The molecule has 0 spiro atoms. The van der Waals surface area contributed by atoms with Crippen LogP contribution in [0.3, 0.4) is 0 Å². The zero-order valence-corrected chi connectivity index (χ0v) is 16.5. The number of rotatable bonds is 7. The van der Waals surface area contributed by atoms with Crippen molar-refractivity contribution in [2.75, 3.05) is 5.75 Å². The molecule has 146 valence electrons. The van der Waals surface area contributed by atoms with Gasteiger partial charge in [-0.25, -0.2) is 9.37 Å². The lowest BCUT2D eigenvalue weighted by Gasteiger charge is -2.05. The number of halogens is 1. The number of hydrogen-bond acceptors (Lipinski definition) is 4. The molecule has 0 aliphatic rings. The van der Waals surface area contributed by atoms with E-state index in [2.05, 4.69) is 10.3 Å². The highest BCUT2D eigenvalue weighted by atomic mass is 32.2. The first-order valence-corrected chi connectivity index (χ1v) is 10.3. The van der Waals surface area contributed by atoms with Gasteiger partial charge in [-0.1, -0.05) is 30.3 Å². The average molecular weight is 400 g/mol. The lowest BCUT2D eigenvalue weighted by Crippen LogP contribution is -2.28. The van der Waals surface area contributed by atoms with E-state index in [-0.39, 0.29) is 29.8 Å². The number of nitrogens with one attached hydrogen (secondary N) is 1. The van der Waals surface area contributed by atoms with Gasteiger partial charge in [0.2, 0.25) is 11.8 Å². The van der Waals surface area contributed by atoms with Crippen LogP contribution in [0.15, 0.2) is 52.9 Å². The number of carbonyl (C=O) groups is 1. The molecular formula is C21H21FN2O3S. The van der Waals surface area contributed by atoms with E-state index < -0.39 is 10.8 Å². The molecule has 1 N–H and O–H groups in total. The van der Waals surface area contributed by atoms with E-state index in [9.17, 15) is 13.4 Å². The maximum absolute atomic E-state index is 12.9. The second-order valence-corrected chi connectivity index (χ2v) is 7.93. The minimum atomic E-state index is -1.42. The third kappa shape index (κ3) is 5.13. The Bertz CT molecular complexity index is 999. The molecular weight excluding hydrogens is 379 g/mol. The van der Waals surface area contributed by atoms with E-state index in [0.717, 1.165) is 16.7 Å². The van der Waals surface area contributed by atoms with Crippen LogP contribution < -0.4 is 5.32 Å². The average Bonchev–Trinajstić information content (AvgIpc) is 3.01. The zero-order chi connectivity index (χ0) is 20.1. The van der Waals surface area contributed by atoms with E-state index >= 15 is 0 Å². The topological polar surface area (TPSA) is 72.2 Å². The van der Waals surface area contributed by atoms with Gasteiger partial charge in [0, 0.05) is 22.9 Å². The lowest BCUT2D eigenvalue weighted by molar-refractivity contribution is -0.118. The quantitative estimate of drug-likeness (QED) is 0.657. The smallest absolute Gasteiger partial charge is 0.232 e. The third-order valence-electron chi connectivity index (χ3n) is 4.26. The Hall–Kier alpha value is -2.80. The van der Waals surface area contributed by atoms with Gasteiger partial charge in [0.05, 0.1) is 11.4 Å². The van der Waals surface area contributed by atoms with Gasteiger partial charge in [0.15, 0.2) is 0 Å². The molecule has 0 unspecified atom stereocenters. The van der Waals surface area contributed by atoms with E-state index in [1.807, 2.05) is 31.2 Å². The molecule has 0 saturated heterocycles. The standard InChI is InChI=1S/C21H21FN2O3S/c1-14-5-3-4-6-18(14)21-24-19(15(2)27-21)12-28(26)13-20(25)23-11-16-7-9-17(22)10-8-16/h3-10H,11-13H2,1-2H3,(H,23,25)/t28-/m0/s1. The maximum Gasteiger partial charge on any atom is 0.232 e. The first-order chi connectivity index (χ1) is 13.4. The van der Waals surface area contributed by atoms with Crippen LogP contribution in [0.5, 0.6) is 0 Å². The lowest BCUT2D eigenvalue weighted by atomic mass is 10.1. The second kappa shape index (κ2) is 8.93. The predicted molar refractivity (Wildman–Crippen MR) is 106 cm³/mol. The van der Waals surface area contributed by atoms with E-state index in [1.165, 1.54) is 12.1 Å². The molecule has 5 nitrogen and oxygen atoms in total. The van der Waals surface area contributed by atoms with Crippen molar-refractivity contribution in [1.82, 2.24) is 10.3 Å². The fourth-order valence-corrected chi connectivity index (χ4v) is 3.76. The van der Waals surface area contributed by atoms with Crippen LogP contribution in [-0.4, -0.2) is 20.9 Å². The molecule has 3 rings (SSSR count). The molecule has 1 atom stereocenters. The van der Waals surface area contributed by atoms with Crippen molar-refractivity contribution in [2.45, 2.75) is 26.1 Å². The molecule has 2 aromatic carbocycles. The largest absolute Gasteiger partial charge is 0.441 e. The summed E-state index contributed by atoms with van der Waals surface area (Å²) < 4.78 is 31.0. The highest BCUT2D eigenvalue weighted by molar-refractivity contribution is 7.84. The normalized spacial score (nSPS) is 12.0. The first kappa shape index (κ1) is 19.9. The molecule has 0 aliphatic heterocycles. The van der Waals surface area contributed by atoms with E-state index in [0.29, 0.717) is 17.3 Å². The molecule has 1 aromatic heterocycles. The Morgan fingerprint density at radius 3 is 2.57 bits per heavy atom. The third-order valence-corrected chi connectivity index (χ3v) is 5.44. The summed E-state index contributed by atoms with van der Waals surface area (Å²) >= 11 is 0. The Morgan fingerprint density at radius 2 is 1.86 bits per heavy atom. The summed E-state index contributed by atoms with van der Waals surface area (Å²) in [6.45, 7) is 4.00. The Morgan fingerprint density at radius 1 is 1.14 bits per heavy atom. The van der Waals surface area contributed by atoms with E-state index in [1.54, 1.807) is 19.1 Å². The number of aryl methyl sites for hydroxylation is 2. The van der Waals surface area contributed by atoms with Gasteiger partial charge < -0.3 is 9.73 Å². The first-order valence-electron chi connectivity index (χ1n) is 8.81. The molecule has 0 saturated carbocycles. The Kier molecular flexibility index (Phi) is 6.36. The van der Waals surface area contributed by atoms with Crippen molar-refractivity contribution < 1.29 is 17.8 Å². The Labute approximate surface area is 165 Å². The second-order valence-electron chi connectivity index (χ2n) is 6.47. The van der Waals surface area contributed by atoms with Gasteiger partial charge in [-0.2, -0.15) is 0 Å². The molecule has 1 heterocycles. The van der Waals surface area contributed by atoms with Crippen LogP contribution in [0.25, 0.3) is 11.5 Å². The summed E-state index contributed by atoms with van der Waals surface area (Å²) in [6, 6.07) is 13.6. The molecule has 0 radical (unpaired) electrons. The van der Waals surface area contributed by atoms with Gasteiger partial charge in [0.1, 0.15) is 17.3 Å². The fourth-order valence-electron chi connectivity index (χ4n) is 2.69.